The number of nitrogens with two attached hydrogens (primary N) is 1. The highest BCUT2D eigenvalue weighted by molar-refractivity contribution is 7.89. The first-order valence-corrected chi connectivity index (χ1v) is 9.59. The van der Waals surface area contributed by atoms with E-state index in [4.69, 9.17) is 5.73 Å². The van der Waals surface area contributed by atoms with Crippen molar-refractivity contribution in [3.8, 4) is 0 Å². The SMILES string of the molecule is C=CCNS(=O)(=O)c1cccc(C(=O)N2CCCC(C(C)N)C2)c1.Cl. The van der Waals surface area contributed by atoms with Crippen molar-refractivity contribution >= 4 is 28.3 Å². The van der Waals surface area contributed by atoms with Gasteiger partial charge in [0, 0.05) is 31.2 Å². The van der Waals surface area contributed by atoms with Gasteiger partial charge in [-0.25, -0.2) is 13.1 Å². The molecular formula is C17H26ClN3O3S. The topological polar surface area (TPSA) is 92.5 Å². The van der Waals surface area contributed by atoms with Gasteiger partial charge in [0.15, 0.2) is 0 Å². The average molecular weight is 388 g/mol. The van der Waals surface area contributed by atoms with Crippen LogP contribution < -0.4 is 10.5 Å². The number of hydrogen-bond donors (Lipinski definition) is 2. The summed E-state index contributed by atoms with van der Waals surface area (Å²) < 4.78 is 26.8. The van der Waals surface area contributed by atoms with Crippen LogP contribution in [0.25, 0.3) is 0 Å². The van der Waals surface area contributed by atoms with E-state index in [0.29, 0.717) is 18.7 Å². The molecule has 1 saturated heterocycles. The van der Waals surface area contributed by atoms with Gasteiger partial charge in [-0.15, -0.1) is 19.0 Å². The summed E-state index contributed by atoms with van der Waals surface area (Å²) in [6.45, 7) is 6.87. The molecule has 0 spiro atoms. The Labute approximate surface area is 155 Å². The quantitative estimate of drug-likeness (QED) is 0.727. The zero-order valence-corrected chi connectivity index (χ0v) is 16.0. The van der Waals surface area contributed by atoms with Gasteiger partial charge in [-0.1, -0.05) is 12.1 Å². The van der Waals surface area contributed by atoms with Crippen LogP contribution in [0.2, 0.25) is 0 Å². The maximum Gasteiger partial charge on any atom is 0.253 e. The molecule has 0 aromatic heterocycles. The predicted octanol–water partition coefficient (Wildman–Crippen LogP) is 1.77. The summed E-state index contributed by atoms with van der Waals surface area (Å²) in [6, 6.07) is 6.16. The van der Waals surface area contributed by atoms with Gasteiger partial charge in [0.05, 0.1) is 4.90 Å². The summed E-state index contributed by atoms with van der Waals surface area (Å²) in [5.41, 5.74) is 6.34. The molecule has 1 aliphatic rings. The Hall–Kier alpha value is -1.41. The lowest BCUT2D eigenvalue weighted by molar-refractivity contribution is 0.0660. The van der Waals surface area contributed by atoms with Gasteiger partial charge in [-0.3, -0.25) is 4.79 Å². The molecule has 8 heteroatoms. The first kappa shape index (κ1) is 21.6. The molecule has 0 radical (unpaired) electrons. The number of carbonyl (C=O) groups is 1. The number of rotatable bonds is 6. The normalized spacial score (nSPS) is 19.0. The first-order valence-electron chi connectivity index (χ1n) is 8.10. The third-order valence-electron chi connectivity index (χ3n) is 4.30. The number of nitrogens with one attached hydrogen (secondary N) is 1. The van der Waals surface area contributed by atoms with Gasteiger partial charge in [0.2, 0.25) is 10.0 Å². The van der Waals surface area contributed by atoms with Crippen molar-refractivity contribution in [2.45, 2.75) is 30.7 Å². The molecule has 3 N–H and O–H groups in total. The van der Waals surface area contributed by atoms with E-state index in [1.54, 1.807) is 17.0 Å². The van der Waals surface area contributed by atoms with E-state index in [9.17, 15) is 13.2 Å². The zero-order valence-electron chi connectivity index (χ0n) is 14.3. The monoisotopic (exact) mass is 387 g/mol. The summed E-state index contributed by atoms with van der Waals surface area (Å²) in [7, 11) is -3.65. The minimum atomic E-state index is -3.65. The van der Waals surface area contributed by atoms with E-state index >= 15 is 0 Å². The molecule has 0 aliphatic carbocycles. The second kappa shape index (κ2) is 9.33. The summed E-state index contributed by atoms with van der Waals surface area (Å²) in [5.74, 6) is 0.130. The molecule has 1 aromatic carbocycles. The molecule has 1 fully saturated rings. The maximum atomic E-state index is 12.7. The number of piperidine rings is 1. The molecule has 1 heterocycles. The van der Waals surface area contributed by atoms with Gasteiger partial charge >= 0.3 is 0 Å². The Morgan fingerprint density at radius 2 is 2.24 bits per heavy atom. The van der Waals surface area contributed by atoms with E-state index < -0.39 is 10.0 Å². The van der Waals surface area contributed by atoms with Crippen LogP contribution in [0.5, 0.6) is 0 Å². The summed E-state index contributed by atoms with van der Waals surface area (Å²) in [6.07, 6.45) is 3.40. The molecular weight excluding hydrogens is 362 g/mol. The Morgan fingerprint density at radius 3 is 2.88 bits per heavy atom. The molecule has 2 unspecified atom stereocenters. The molecule has 1 aliphatic heterocycles. The number of amides is 1. The first-order chi connectivity index (χ1) is 11.3. The zero-order chi connectivity index (χ0) is 17.7. The second-order valence-corrected chi connectivity index (χ2v) is 7.95. The van der Waals surface area contributed by atoms with Crippen LogP contribution in [-0.4, -0.2) is 44.9 Å². The number of carbonyl (C=O) groups excluding carboxylic acids is 1. The van der Waals surface area contributed by atoms with Gasteiger partial charge in [-0.2, -0.15) is 0 Å². The summed E-state index contributed by atoms with van der Waals surface area (Å²) in [5, 5.41) is 0. The fraction of sp³-hybridized carbons (Fsp3) is 0.471. The van der Waals surface area contributed by atoms with Crippen LogP contribution in [0.15, 0.2) is 41.8 Å². The van der Waals surface area contributed by atoms with E-state index in [1.807, 2.05) is 6.92 Å². The van der Waals surface area contributed by atoms with E-state index in [1.165, 1.54) is 18.2 Å². The maximum absolute atomic E-state index is 12.7. The highest BCUT2D eigenvalue weighted by Crippen LogP contribution is 2.21. The Kier molecular flexibility index (Phi) is 8.08. The highest BCUT2D eigenvalue weighted by atomic mass is 35.5. The lowest BCUT2D eigenvalue weighted by Crippen LogP contribution is -2.45. The largest absolute Gasteiger partial charge is 0.338 e. The molecule has 1 aromatic rings. The number of benzene rings is 1. The minimum absolute atomic E-state index is 0. The lowest BCUT2D eigenvalue weighted by atomic mass is 9.92. The fourth-order valence-corrected chi connectivity index (χ4v) is 3.90. The number of nitrogens with zero attached hydrogens (tertiary/aromatic N) is 1. The molecule has 6 nitrogen and oxygen atoms in total. The van der Waals surface area contributed by atoms with Crippen LogP contribution in [-0.2, 0) is 10.0 Å². The van der Waals surface area contributed by atoms with Crippen molar-refractivity contribution in [1.29, 1.82) is 0 Å². The fourth-order valence-electron chi connectivity index (χ4n) is 2.85. The van der Waals surface area contributed by atoms with Crippen molar-refractivity contribution in [2.75, 3.05) is 19.6 Å². The van der Waals surface area contributed by atoms with Crippen molar-refractivity contribution in [3.63, 3.8) is 0 Å². The summed E-state index contributed by atoms with van der Waals surface area (Å²) >= 11 is 0. The van der Waals surface area contributed by atoms with Gasteiger partial charge in [-0.05, 0) is 43.9 Å². The van der Waals surface area contributed by atoms with Crippen LogP contribution in [0.1, 0.15) is 30.1 Å². The molecule has 0 bridgehead atoms. The third kappa shape index (κ3) is 5.54. The van der Waals surface area contributed by atoms with Gasteiger partial charge in [0.1, 0.15) is 0 Å². The number of halogens is 1. The second-order valence-electron chi connectivity index (χ2n) is 6.18. The standard InChI is InChI=1S/C17H25N3O3S.ClH/c1-3-9-19-24(22,23)16-8-4-6-14(11-16)17(21)20-10-5-7-15(12-20)13(2)18;/h3-4,6,8,11,13,15,19H,1,5,7,9-10,12,18H2,2H3;1H. The van der Waals surface area contributed by atoms with Crippen molar-refractivity contribution < 1.29 is 13.2 Å². The Morgan fingerprint density at radius 1 is 1.52 bits per heavy atom. The van der Waals surface area contributed by atoms with Crippen molar-refractivity contribution in [2.24, 2.45) is 11.7 Å². The van der Waals surface area contributed by atoms with Gasteiger partial charge < -0.3 is 10.6 Å². The van der Waals surface area contributed by atoms with Gasteiger partial charge in [0.25, 0.3) is 5.91 Å². The van der Waals surface area contributed by atoms with Crippen molar-refractivity contribution in [3.05, 3.63) is 42.5 Å². The molecule has 0 saturated carbocycles. The molecule has 2 rings (SSSR count). The van der Waals surface area contributed by atoms with Crippen LogP contribution in [0.3, 0.4) is 0 Å². The molecule has 1 amide bonds. The smallest absolute Gasteiger partial charge is 0.253 e. The van der Waals surface area contributed by atoms with Crippen LogP contribution in [0, 0.1) is 5.92 Å². The van der Waals surface area contributed by atoms with Crippen LogP contribution >= 0.6 is 12.4 Å². The number of likely N-dealkylation sites (tertiary alicyclic amines) is 1. The third-order valence-corrected chi connectivity index (χ3v) is 5.72. The van der Waals surface area contributed by atoms with Crippen LogP contribution in [0.4, 0.5) is 0 Å². The Balaban J connectivity index is 0.00000312. The van der Waals surface area contributed by atoms with E-state index in [-0.39, 0.29) is 41.7 Å². The minimum Gasteiger partial charge on any atom is -0.338 e. The van der Waals surface area contributed by atoms with Crippen molar-refractivity contribution in [1.82, 2.24) is 9.62 Å². The molecule has 2 atom stereocenters. The Bertz CT molecular complexity index is 707. The number of hydrogen-bond acceptors (Lipinski definition) is 4. The summed E-state index contributed by atoms with van der Waals surface area (Å²) in [4.78, 5) is 14.6. The highest BCUT2D eigenvalue weighted by Gasteiger charge is 2.27. The molecule has 140 valence electrons. The van der Waals surface area contributed by atoms with E-state index in [0.717, 1.165) is 12.8 Å². The predicted molar refractivity (Wildman–Crippen MR) is 101 cm³/mol. The number of sulfonamides is 1. The molecule has 25 heavy (non-hydrogen) atoms. The lowest BCUT2D eigenvalue weighted by Gasteiger charge is -2.34. The van der Waals surface area contributed by atoms with E-state index in [2.05, 4.69) is 11.3 Å². The average Bonchev–Trinajstić information content (AvgIpc) is 2.59.